The minimum Gasteiger partial charge on any atom is -0.489 e. The lowest BCUT2D eigenvalue weighted by molar-refractivity contribution is 0.222. The minimum absolute atomic E-state index is 0.0210. The predicted molar refractivity (Wildman–Crippen MR) is 95.1 cm³/mol. The van der Waals surface area contributed by atoms with Gasteiger partial charge in [0.05, 0.1) is 13.1 Å². The molecule has 1 unspecified atom stereocenters. The molecule has 0 amide bonds. The zero-order valence-electron chi connectivity index (χ0n) is 15.0. The van der Waals surface area contributed by atoms with Crippen LogP contribution in [-0.2, 0) is 13.6 Å². The Bertz CT molecular complexity index is 664. The fourth-order valence-corrected chi connectivity index (χ4v) is 2.26. The maximum absolute atomic E-state index is 5.91. The van der Waals surface area contributed by atoms with Crippen molar-refractivity contribution in [2.24, 2.45) is 12.0 Å². The number of aliphatic imine (C=N–C) groups is 1. The normalized spacial score (nSPS) is 12.8. The first-order valence-electron chi connectivity index (χ1n) is 7.97. The summed E-state index contributed by atoms with van der Waals surface area (Å²) in [5, 5.41) is 7.41. The summed E-state index contributed by atoms with van der Waals surface area (Å²) in [6, 6.07) is 8.06. The highest BCUT2D eigenvalue weighted by atomic mass is 16.5. The number of guanidine groups is 1. The zero-order chi connectivity index (χ0) is 17.5. The van der Waals surface area contributed by atoms with Crippen LogP contribution in [0.5, 0.6) is 5.75 Å². The molecule has 7 nitrogen and oxygen atoms in total. The highest BCUT2D eigenvalue weighted by Gasteiger charge is 2.11. The summed E-state index contributed by atoms with van der Waals surface area (Å²) < 4.78 is 7.66. The van der Waals surface area contributed by atoms with E-state index in [1.165, 1.54) is 5.56 Å². The van der Waals surface area contributed by atoms with Crippen LogP contribution in [0.3, 0.4) is 0 Å². The molecule has 0 fully saturated rings. The standard InChI is InChI=1S/C17H26N6O/c1-13-6-8-15(9-7-13)24-14(2)10-19-17(18-3)22(4)11-16-20-12-21-23(16)5/h6-9,12,14H,10-11H2,1-5H3,(H,18,19). The molecule has 0 aliphatic rings. The molecule has 7 heteroatoms. The van der Waals surface area contributed by atoms with Crippen molar-refractivity contribution in [2.75, 3.05) is 20.6 Å². The number of nitrogens with zero attached hydrogens (tertiary/aromatic N) is 5. The number of aryl methyl sites for hydroxylation is 2. The second-order valence-corrected chi connectivity index (χ2v) is 5.83. The molecule has 130 valence electrons. The molecule has 0 spiro atoms. The molecule has 24 heavy (non-hydrogen) atoms. The Balaban J connectivity index is 1.84. The number of ether oxygens (including phenoxy) is 1. The Hall–Kier alpha value is -2.57. The summed E-state index contributed by atoms with van der Waals surface area (Å²) in [7, 11) is 5.61. The van der Waals surface area contributed by atoms with E-state index in [2.05, 4.69) is 27.3 Å². The quantitative estimate of drug-likeness (QED) is 0.644. The average molecular weight is 330 g/mol. The van der Waals surface area contributed by atoms with Crippen molar-refractivity contribution in [3.8, 4) is 5.75 Å². The summed E-state index contributed by atoms with van der Waals surface area (Å²) >= 11 is 0. The number of aromatic nitrogens is 3. The van der Waals surface area contributed by atoms with Crippen molar-refractivity contribution >= 4 is 5.96 Å². The van der Waals surface area contributed by atoms with E-state index in [1.807, 2.05) is 50.2 Å². The average Bonchev–Trinajstić information content (AvgIpc) is 2.95. The summed E-state index contributed by atoms with van der Waals surface area (Å²) in [5.74, 6) is 2.54. The van der Waals surface area contributed by atoms with Gasteiger partial charge < -0.3 is 15.0 Å². The lowest BCUT2D eigenvalue weighted by atomic mass is 10.2. The molecule has 2 aromatic rings. The van der Waals surface area contributed by atoms with Crippen LogP contribution in [0.1, 0.15) is 18.3 Å². The van der Waals surface area contributed by atoms with Gasteiger partial charge in [-0.2, -0.15) is 5.10 Å². The molecule has 1 aromatic carbocycles. The first-order chi connectivity index (χ1) is 11.5. The Kier molecular flexibility index (Phi) is 6.17. The first kappa shape index (κ1) is 17.8. The fraction of sp³-hybridized carbons (Fsp3) is 0.471. The molecule has 2 rings (SSSR count). The van der Waals surface area contributed by atoms with Crippen molar-refractivity contribution in [3.05, 3.63) is 42.0 Å². The molecule has 0 radical (unpaired) electrons. The van der Waals surface area contributed by atoms with Gasteiger partial charge in [0.15, 0.2) is 5.96 Å². The summed E-state index contributed by atoms with van der Waals surface area (Å²) in [6.45, 7) is 5.38. The Morgan fingerprint density at radius 1 is 1.38 bits per heavy atom. The third-order valence-electron chi connectivity index (χ3n) is 3.66. The van der Waals surface area contributed by atoms with Gasteiger partial charge in [-0.1, -0.05) is 17.7 Å². The van der Waals surface area contributed by atoms with Crippen LogP contribution in [-0.4, -0.2) is 52.4 Å². The molecule has 1 atom stereocenters. The molecular weight excluding hydrogens is 304 g/mol. The maximum Gasteiger partial charge on any atom is 0.193 e. The Morgan fingerprint density at radius 3 is 2.67 bits per heavy atom. The molecule has 0 bridgehead atoms. The lowest BCUT2D eigenvalue weighted by Gasteiger charge is -2.23. The van der Waals surface area contributed by atoms with Crippen molar-refractivity contribution < 1.29 is 4.74 Å². The van der Waals surface area contributed by atoms with Gasteiger partial charge in [-0.15, -0.1) is 0 Å². The maximum atomic E-state index is 5.91. The topological polar surface area (TPSA) is 67.6 Å². The number of nitrogens with one attached hydrogen (secondary N) is 1. The Labute approximate surface area is 143 Å². The molecule has 0 aliphatic carbocycles. The highest BCUT2D eigenvalue weighted by Crippen LogP contribution is 2.13. The fourth-order valence-electron chi connectivity index (χ4n) is 2.26. The van der Waals surface area contributed by atoms with E-state index >= 15 is 0 Å². The SMILES string of the molecule is CN=C(NCC(C)Oc1ccc(C)cc1)N(C)Cc1ncnn1C. The van der Waals surface area contributed by atoms with Crippen LogP contribution in [0.15, 0.2) is 35.6 Å². The second kappa shape index (κ2) is 8.33. The van der Waals surface area contributed by atoms with Crippen LogP contribution >= 0.6 is 0 Å². The number of hydrogen-bond donors (Lipinski definition) is 1. The van der Waals surface area contributed by atoms with E-state index in [0.29, 0.717) is 13.1 Å². The van der Waals surface area contributed by atoms with Crippen molar-refractivity contribution in [3.63, 3.8) is 0 Å². The monoisotopic (exact) mass is 330 g/mol. The molecule has 0 saturated heterocycles. The van der Waals surface area contributed by atoms with Crippen LogP contribution in [0, 0.1) is 6.92 Å². The van der Waals surface area contributed by atoms with E-state index in [0.717, 1.165) is 17.5 Å². The molecule has 1 aromatic heterocycles. The molecule has 1 N–H and O–H groups in total. The van der Waals surface area contributed by atoms with Gasteiger partial charge >= 0.3 is 0 Å². The van der Waals surface area contributed by atoms with Gasteiger partial charge in [0.2, 0.25) is 0 Å². The van der Waals surface area contributed by atoms with E-state index in [9.17, 15) is 0 Å². The van der Waals surface area contributed by atoms with Crippen LogP contribution < -0.4 is 10.1 Å². The third-order valence-corrected chi connectivity index (χ3v) is 3.66. The van der Waals surface area contributed by atoms with E-state index in [4.69, 9.17) is 4.74 Å². The molecule has 0 saturated carbocycles. The summed E-state index contributed by atoms with van der Waals surface area (Å²) in [4.78, 5) is 10.5. The van der Waals surface area contributed by atoms with Gasteiger partial charge in [0.25, 0.3) is 0 Å². The van der Waals surface area contributed by atoms with Crippen LogP contribution in [0.2, 0.25) is 0 Å². The van der Waals surface area contributed by atoms with Crippen LogP contribution in [0.4, 0.5) is 0 Å². The minimum atomic E-state index is 0.0210. The number of rotatable bonds is 6. The van der Waals surface area contributed by atoms with Crippen LogP contribution in [0.25, 0.3) is 0 Å². The van der Waals surface area contributed by atoms with E-state index in [1.54, 1.807) is 18.1 Å². The second-order valence-electron chi connectivity index (χ2n) is 5.83. The predicted octanol–water partition coefficient (Wildman–Crippen LogP) is 1.60. The largest absolute Gasteiger partial charge is 0.489 e. The molecule has 0 aliphatic heterocycles. The summed E-state index contributed by atoms with van der Waals surface area (Å²) in [6.07, 6.45) is 1.57. The third kappa shape index (κ3) is 4.97. The first-order valence-corrected chi connectivity index (χ1v) is 7.97. The number of benzene rings is 1. The highest BCUT2D eigenvalue weighted by molar-refractivity contribution is 5.79. The van der Waals surface area contributed by atoms with E-state index in [-0.39, 0.29) is 6.10 Å². The van der Waals surface area contributed by atoms with Gasteiger partial charge in [-0.05, 0) is 26.0 Å². The van der Waals surface area contributed by atoms with Crippen molar-refractivity contribution in [2.45, 2.75) is 26.5 Å². The van der Waals surface area contributed by atoms with Crippen molar-refractivity contribution in [1.82, 2.24) is 25.0 Å². The van der Waals surface area contributed by atoms with Crippen molar-refractivity contribution in [1.29, 1.82) is 0 Å². The molecule has 1 heterocycles. The van der Waals surface area contributed by atoms with Gasteiger partial charge in [-0.25, -0.2) is 4.98 Å². The smallest absolute Gasteiger partial charge is 0.193 e. The van der Waals surface area contributed by atoms with Gasteiger partial charge in [0.1, 0.15) is 24.0 Å². The Morgan fingerprint density at radius 2 is 2.08 bits per heavy atom. The van der Waals surface area contributed by atoms with Gasteiger partial charge in [-0.3, -0.25) is 9.67 Å². The summed E-state index contributed by atoms with van der Waals surface area (Å²) in [5.41, 5.74) is 1.22. The molecular formula is C17H26N6O. The number of hydrogen-bond acceptors (Lipinski definition) is 4. The zero-order valence-corrected chi connectivity index (χ0v) is 15.0. The van der Waals surface area contributed by atoms with E-state index < -0.39 is 0 Å². The lowest BCUT2D eigenvalue weighted by Crippen LogP contribution is -2.42. The van der Waals surface area contributed by atoms with Gasteiger partial charge in [0, 0.05) is 21.1 Å².